The highest BCUT2D eigenvalue weighted by atomic mass is 19.4. The van der Waals surface area contributed by atoms with Crippen molar-refractivity contribution in [2.75, 3.05) is 0 Å². The second kappa shape index (κ2) is 5.24. The van der Waals surface area contributed by atoms with Gasteiger partial charge in [-0.15, -0.1) is 0 Å². The van der Waals surface area contributed by atoms with E-state index in [1.54, 1.807) is 0 Å². The predicted octanol–water partition coefficient (Wildman–Crippen LogP) is 5.17. The van der Waals surface area contributed by atoms with Gasteiger partial charge in [0.25, 0.3) is 0 Å². The maximum Gasteiger partial charge on any atom is 0.423 e. The summed E-state index contributed by atoms with van der Waals surface area (Å²) in [6.45, 7) is 0. The molecule has 14 heteroatoms. The molecule has 0 unspecified atom stereocenters. The molecule has 0 aromatic heterocycles. The van der Waals surface area contributed by atoms with Crippen LogP contribution in [0.15, 0.2) is 0 Å². The van der Waals surface area contributed by atoms with Gasteiger partial charge >= 0.3 is 24.7 Å². The molecule has 138 valence electrons. The second-order valence-corrected chi connectivity index (χ2v) is 4.19. The molecule has 0 fully saturated rings. The van der Waals surface area contributed by atoms with Gasteiger partial charge in [-0.1, -0.05) is 0 Å². The van der Waals surface area contributed by atoms with E-state index < -0.39 is 58.5 Å². The quantitative estimate of drug-likeness (QED) is 0.608. The van der Waals surface area contributed by atoms with Crippen molar-refractivity contribution in [1.82, 2.24) is 0 Å². The van der Waals surface area contributed by atoms with Crippen LogP contribution in [-0.4, -0.2) is 10.2 Å². The highest BCUT2D eigenvalue weighted by molar-refractivity contribution is 5.62. The van der Waals surface area contributed by atoms with E-state index in [9.17, 15) is 52.7 Å². The molecule has 0 heterocycles. The summed E-state index contributed by atoms with van der Waals surface area (Å²) in [6, 6.07) is 0. The minimum atomic E-state index is -6.49. The number of alkyl halides is 12. The molecule has 0 radical (unpaired) electrons. The normalized spacial score (nSPS) is 14.2. The molecule has 0 aliphatic carbocycles. The first-order chi connectivity index (χ1) is 10.3. The summed E-state index contributed by atoms with van der Waals surface area (Å²) in [4.78, 5) is 0. The van der Waals surface area contributed by atoms with Gasteiger partial charge in [-0.3, -0.25) is 0 Å². The Balaban J connectivity index is 4.31. The maximum atomic E-state index is 12.7. The molecule has 0 atom stereocenters. The second-order valence-electron chi connectivity index (χ2n) is 4.19. The molecule has 24 heavy (non-hydrogen) atoms. The highest BCUT2D eigenvalue weighted by Crippen LogP contribution is 2.57. The van der Waals surface area contributed by atoms with E-state index >= 15 is 0 Å². The lowest BCUT2D eigenvalue weighted by Gasteiger charge is -2.25. The van der Waals surface area contributed by atoms with Crippen LogP contribution in [0.4, 0.5) is 52.7 Å². The van der Waals surface area contributed by atoms with Crippen molar-refractivity contribution < 1.29 is 62.9 Å². The predicted molar refractivity (Wildman–Crippen MR) is 49.8 cm³/mol. The SMILES string of the molecule is Oc1c(C(F)(F)F)c(O)c(C(F)(F)F)c(C(F)(F)F)c1C(F)(F)F. The van der Waals surface area contributed by atoms with Crippen molar-refractivity contribution in [1.29, 1.82) is 0 Å². The Hall–Kier alpha value is -2.02. The van der Waals surface area contributed by atoms with Crippen molar-refractivity contribution in [3.05, 3.63) is 22.3 Å². The van der Waals surface area contributed by atoms with Gasteiger partial charge in [0.15, 0.2) is 0 Å². The Morgan fingerprint density at radius 1 is 0.375 bits per heavy atom. The van der Waals surface area contributed by atoms with Gasteiger partial charge in [-0.05, 0) is 0 Å². The van der Waals surface area contributed by atoms with E-state index in [2.05, 4.69) is 0 Å². The Labute approximate surface area is 122 Å². The Kier molecular flexibility index (Phi) is 4.37. The number of halogens is 12. The van der Waals surface area contributed by atoms with Gasteiger partial charge in [-0.2, -0.15) is 52.7 Å². The number of hydrogen-bond donors (Lipinski definition) is 2. The first-order valence-corrected chi connectivity index (χ1v) is 5.22. The van der Waals surface area contributed by atoms with E-state index in [-0.39, 0.29) is 0 Å². The largest absolute Gasteiger partial charge is 0.507 e. The highest BCUT2D eigenvalue weighted by Gasteiger charge is 2.57. The van der Waals surface area contributed by atoms with Crippen molar-refractivity contribution in [3.63, 3.8) is 0 Å². The van der Waals surface area contributed by atoms with E-state index in [1.165, 1.54) is 0 Å². The number of rotatable bonds is 0. The maximum absolute atomic E-state index is 12.7. The van der Waals surface area contributed by atoms with Gasteiger partial charge in [0.05, 0.1) is 5.56 Å². The summed E-state index contributed by atoms with van der Waals surface area (Å²) in [5.41, 5.74) is -14.2. The van der Waals surface area contributed by atoms with Crippen LogP contribution >= 0.6 is 0 Å². The fourth-order valence-electron chi connectivity index (χ4n) is 1.83. The number of benzene rings is 1. The van der Waals surface area contributed by atoms with Crippen LogP contribution in [0.25, 0.3) is 0 Å². The van der Waals surface area contributed by atoms with Crippen LogP contribution < -0.4 is 0 Å². The molecule has 0 aliphatic heterocycles. The average Bonchev–Trinajstić information content (AvgIpc) is 2.20. The number of phenolic OH excluding ortho intramolecular Hbond substituents is 2. The van der Waals surface area contributed by atoms with Crippen LogP contribution in [0.3, 0.4) is 0 Å². The molecule has 1 rings (SSSR count). The van der Waals surface area contributed by atoms with Gasteiger partial charge in [-0.25, -0.2) is 0 Å². The molecule has 0 saturated heterocycles. The van der Waals surface area contributed by atoms with Crippen molar-refractivity contribution in [2.24, 2.45) is 0 Å². The summed E-state index contributed by atoms with van der Waals surface area (Å²) in [5.74, 6) is -6.43. The molecular formula is C10H2F12O2. The van der Waals surface area contributed by atoms with E-state index in [0.29, 0.717) is 0 Å². The van der Waals surface area contributed by atoms with Crippen molar-refractivity contribution in [3.8, 4) is 11.5 Å². The van der Waals surface area contributed by atoms with Crippen molar-refractivity contribution in [2.45, 2.75) is 24.7 Å². The van der Waals surface area contributed by atoms with Gasteiger partial charge in [0.2, 0.25) is 0 Å². The molecule has 0 aliphatic rings. The fraction of sp³-hybridized carbons (Fsp3) is 0.400. The first kappa shape index (κ1) is 20.0. The molecule has 0 amide bonds. The minimum Gasteiger partial charge on any atom is -0.507 e. The molecule has 1 aromatic carbocycles. The van der Waals surface area contributed by atoms with Crippen LogP contribution in [0.5, 0.6) is 11.5 Å². The molecule has 0 spiro atoms. The molecule has 2 nitrogen and oxygen atoms in total. The molecule has 2 N–H and O–H groups in total. The summed E-state index contributed by atoms with van der Waals surface area (Å²) in [6.07, 6.45) is -25.6. The lowest BCUT2D eigenvalue weighted by Crippen LogP contribution is -2.25. The van der Waals surface area contributed by atoms with Crippen molar-refractivity contribution >= 4 is 0 Å². The van der Waals surface area contributed by atoms with E-state index in [1.807, 2.05) is 0 Å². The topological polar surface area (TPSA) is 40.5 Å². The van der Waals surface area contributed by atoms with Crippen LogP contribution in [-0.2, 0) is 24.7 Å². The summed E-state index contributed by atoms with van der Waals surface area (Å²) in [7, 11) is 0. The Morgan fingerprint density at radius 2 is 0.583 bits per heavy atom. The zero-order valence-electron chi connectivity index (χ0n) is 10.4. The van der Waals surface area contributed by atoms with E-state index in [0.717, 1.165) is 0 Å². The van der Waals surface area contributed by atoms with Crippen LogP contribution in [0, 0.1) is 0 Å². The lowest BCUT2D eigenvalue weighted by molar-refractivity contribution is -0.178. The standard InChI is InChI=1S/C10H2F12O2/c11-7(12,13)1-2(8(14,15)16)5(23)4(10(20,21)22)6(24)3(1)9(17,18)19/h23-24H. The summed E-state index contributed by atoms with van der Waals surface area (Å²) >= 11 is 0. The summed E-state index contributed by atoms with van der Waals surface area (Å²) < 4.78 is 151. The van der Waals surface area contributed by atoms with Gasteiger partial charge in [0.1, 0.15) is 28.2 Å². The monoisotopic (exact) mass is 382 g/mol. The third-order valence-corrected chi connectivity index (χ3v) is 2.58. The molecule has 0 saturated carbocycles. The smallest absolute Gasteiger partial charge is 0.423 e. The average molecular weight is 382 g/mol. The zero-order valence-corrected chi connectivity index (χ0v) is 10.4. The van der Waals surface area contributed by atoms with Crippen LogP contribution in [0.1, 0.15) is 22.3 Å². The third-order valence-electron chi connectivity index (χ3n) is 2.58. The number of hydrogen-bond acceptors (Lipinski definition) is 2. The number of aromatic hydroxyl groups is 2. The molecule has 0 bridgehead atoms. The van der Waals surface area contributed by atoms with Gasteiger partial charge in [0, 0.05) is 0 Å². The fourth-order valence-corrected chi connectivity index (χ4v) is 1.83. The minimum absolute atomic E-state index is 3.21. The van der Waals surface area contributed by atoms with Crippen LogP contribution in [0.2, 0.25) is 0 Å². The molecular weight excluding hydrogens is 380 g/mol. The van der Waals surface area contributed by atoms with Gasteiger partial charge < -0.3 is 10.2 Å². The van der Waals surface area contributed by atoms with E-state index in [4.69, 9.17) is 10.2 Å². The Morgan fingerprint density at radius 3 is 0.750 bits per heavy atom. The first-order valence-electron chi connectivity index (χ1n) is 5.22. The Bertz CT molecular complexity index is 605. The lowest BCUT2D eigenvalue weighted by atomic mass is 9.93. The zero-order chi connectivity index (χ0) is 19.5. The number of phenols is 2. The summed E-state index contributed by atoms with van der Waals surface area (Å²) in [5, 5.41) is 17.8. The molecule has 1 aromatic rings. The third kappa shape index (κ3) is 3.40.